The van der Waals surface area contributed by atoms with Gasteiger partial charge in [-0.2, -0.15) is 8.78 Å². The third kappa shape index (κ3) is 2.04. The van der Waals surface area contributed by atoms with Crippen molar-refractivity contribution in [1.29, 1.82) is 0 Å². The molecule has 0 heterocycles. The van der Waals surface area contributed by atoms with Gasteiger partial charge in [-0.1, -0.05) is 34.8 Å². The second kappa shape index (κ2) is 2.91. The lowest BCUT2D eigenvalue weighted by atomic mass is 10.4. The Hall–Kier alpha value is 0.590. The Kier molecular flexibility index (Phi) is 3.08. The lowest BCUT2D eigenvalue weighted by Gasteiger charge is -2.21. The first kappa shape index (κ1) is 10.6. The molecule has 0 saturated carbocycles. The third-order valence-electron chi connectivity index (χ3n) is 0.652. The molecule has 0 aromatic heterocycles. The molecule has 7 heteroatoms. The zero-order valence-electron chi connectivity index (χ0n) is 4.22. The van der Waals surface area contributed by atoms with Gasteiger partial charge >= 0.3 is 10.5 Å². The van der Waals surface area contributed by atoms with Crippen LogP contribution in [0, 0.1) is 0 Å². The Balaban J connectivity index is 4.40. The van der Waals surface area contributed by atoms with Gasteiger partial charge in [0, 0.05) is 0 Å². The Bertz CT molecular complexity index is 117. The van der Waals surface area contributed by atoms with Crippen LogP contribution in [0.15, 0.2) is 0 Å². The van der Waals surface area contributed by atoms with Crippen LogP contribution in [0.2, 0.25) is 0 Å². The topological polar surface area (TPSA) is 0 Å². The second-order valence-corrected chi connectivity index (χ2v) is 3.04. The molecule has 1 unspecified atom stereocenters. The number of rotatable bonds is 2. The Morgan fingerprint density at radius 3 is 1.40 bits per heavy atom. The van der Waals surface area contributed by atoms with E-state index in [1.54, 1.807) is 0 Å². The summed E-state index contributed by atoms with van der Waals surface area (Å²) in [6, 6.07) is 0. The molecule has 0 aliphatic heterocycles. The van der Waals surface area contributed by atoms with E-state index in [0.717, 1.165) is 0 Å². The number of hydrogen-bond donors (Lipinski definition) is 0. The van der Waals surface area contributed by atoms with E-state index in [-0.39, 0.29) is 0 Å². The monoisotopic (exact) mass is 218 g/mol. The summed E-state index contributed by atoms with van der Waals surface area (Å²) in [5.41, 5.74) is -3.24. The highest BCUT2D eigenvalue weighted by atomic mass is 35.5. The molecule has 1 atom stereocenters. The highest BCUT2D eigenvalue weighted by Gasteiger charge is 2.58. The van der Waals surface area contributed by atoms with E-state index < -0.39 is 16.1 Å². The van der Waals surface area contributed by atoms with Crippen molar-refractivity contribution < 1.29 is 17.6 Å². The van der Waals surface area contributed by atoms with E-state index in [4.69, 9.17) is 0 Å². The lowest BCUT2D eigenvalue weighted by molar-refractivity contribution is -0.0902. The predicted molar refractivity (Wildman–Crippen MR) is 31.2 cm³/mol. The van der Waals surface area contributed by atoms with Gasteiger partial charge in [0.15, 0.2) is 0 Å². The SMILES string of the molecule is FC(Cl)C(F)(F)C(F)(Cl)Cl. The third-order valence-corrected chi connectivity index (χ3v) is 1.43. The molecule has 0 N–H and O–H groups in total. The van der Waals surface area contributed by atoms with Crippen LogP contribution >= 0.6 is 34.8 Å². The van der Waals surface area contributed by atoms with Crippen molar-refractivity contribution >= 4 is 34.8 Å². The fourth-order valence-electron chi connectivity index (χ4n) is 0.124. The van der Waals surface area contributed by atoms with Crippen LogP contribution in [0.4, 0.5) is 17.6 Å². The van der Waals surface area contributed by atoms with E-state index in [9.17, 15) is 17.6 Å². The van der Waals surface area contributed by atoms with E-state index >= 15 is 0 Å². The van der Waals surface area contributed by atoms with Gasteiger partial charge in [0.2, 0.25) is 5.63 Å². The second-order valence-electron chi connectivity index (χ2n) is 1.42. The number of alkyl halides is 7. The van der Waals surface area contributed by atoms with E-state index in [0.29, 0.717) is 0 Å². The Morgan fingerprint density at radius 2 is 1.40 bits per heavy atom. The quantitative estimate of drug-likeness (QED) is 0.494. The summed E-state index contributed by atoms with van der Waals surface area (Å²) in [6.45, 7) is 0. The zero-order chi connectivity index (χ0) is 8.58. The van der Waals surface area contributed by atoms with Crippen molar-refractivity contribution in [3.8, 4) is 0 Å². The van der Waals surface area contributed by atoms with Gasteiger partial charge in [0.1, 0.15) is 0 Å². The molecule has 0 aliphatic rings. The molecule has 0 aromatic rings. The van der Waals surface area contributed by atoms with Crippen molar-refractivity contribution in [3.05, 3.63) is 0 Å². The minimum Gasteiger partial charge on any atom is -0.223 e. The smallest absolute Gasteiger partial charge is 0.223 e. The molecule has 10 heavy (non-hydrogen) atoms. The first-order valence-corrected chi connectivity index (χ1v) is 3.11. The summed E-state index contributed by atoms with van der Waals surface area (Å²) in [5.74, 6) is -4.60. The van der Waals surface area contributed by atoms with Gasteiger partial charge in [-0.25, -0.2) is 8.78 Å². The Labute approximate surface area is 69.0 Å². The van der Waals surface area contributed by atoms with Gasteiger partial charge in [0.25, 0.3) is 0 Å². The molecule has 62 valence electrons. The fraction of sp³-hybridized carbons (Fsp3) is 1.00. The van der Waals surface area contributed by atoms with Crippen molar-refractivity contribution in [2.75, 3.05) is 0 Å². The average molecular weight is 219 g/mol. The molecular formula is C3HCl3F4. The van der Waals surface area contributed by atoms with Crippen LogP contribution in [0.3, 0.4) is 0 Å². The number of halogens is 7. The van der Waals surface area contributed by atoms with Crippen molar-refractivity contribution in [2.45, 2.75) is 16.1 Å². The zero-order valence-corrected chi connectivity index (χ0v) is 6.49. The van der Waals surface area contributed by atoms with Crippen molar-refractivity contribution in [3.63, 3.8) is 0 Å². The van der Waals surface area contributed by atoms with Crippen molar-refractivity contribution in [2.24, 2.45) is 0 Å². The first-order valence-electron chi connectivity index (χ1n) is 1.92. The van der Waals surface area contributed by atoms with E-state index in [2.05, 4.69) is 34.8 Å². The Morgan fingerprint density at radius 1 is 1.10 bits per heavy atom. The van der Waals surface area contributed by atoms with Gasteiger partial charge in [-0.3, -0.25) is 0 Å². The molecule has 0 amide bonds. The van der Waals surface area contributed by atoms with Crippen LogP contribution in [-0.2, 0) is 0 Å². The average Bonchev–Trinajstić information content (AvgIpc) is 1.62. The molecule has 0 radical (unpaired) electrons. The summed E-state index contributed by atoms with van der Waals surface area (Å²) in [5, 5.41) is 0. The standard InChI is InChI=1S/C3HCl3F4/c4-1(7)2(8,9)3(5,6)10/h1H. The van der Waals surface area contributed by atoms with Gasteiger partial charge in [0.05, 0.1) is 0 Å². The van der Waals surface area contributed by atoms with Gasteiger partial charge in [-0.05, 0) is 0 Å². The molecule has 0 aromatic carbocycles. The fourth-order valence-corrected chi connectivity index (χ4v) is 0.577. The molecule has 0 saturated heterocycles. The van der Waals surface area contributed by atoms with Crippen LogP contribution in [0.5, 0.6) is 0 Å². The summed E-state index contributed by atoms with van der Waals surface area (Å²) in [7, 11) is 0. The van der Waals surface area contributed by atoms with E-state index in [1.807, 2.05) is 0 Å². The first-order chi connectivity index (χ1) is 4.19. The predicted octanol–water partition coefficient (Wildman–Crippen LogP) is 3.26. The molecule has 0 aliphatic carbocycles. The summed E-state index contributed by atoms with van der Waals surface area (Å²) in [6.07, 6.45) is 0. The van der Waals surface area contributed by atoms with Crippen LogP contribution in [0.1, 0.15) is 0 Å². The highest BCUT2D eigenvalue weighted by molar-refractivity contribution is 6.48. The van der Waals surface area contributed by atoms with Gasteiger partial charge in [-0.15, -0.1) is 0 Å². The van der Waals surface area contributed by atoms with E-state index in [1.165, 1.54) is 0 Å². The van der Waals surface area contributed by atoms with Gasteiger partial charge < -0.3 is 0 Å². The summed E-state index contributed by atoms with van der Waals surface area (Å²) < 4.78 is 43.3. The maximum absolute atomic E-state index is 11.9. The molecule has 0 spiro atoms. The normalized spacial score (nSPS) is 17.1. The lowest BCUT2D eigenvalue weighted by Crippen LogP contribution is -2.40. The number of hydrogen-bond acceptors (Lipinski definition) is 0. The molecule has 0 nitrogen and oxygen atoms in total. The molecule has 0 fully saturated rings. The van der Waals surface area contributed by atoms with Crippen molar-refractivity contribution in [1.82, 2.24) is 0 Å². The molecular weight excluding hydrogens is 218 g/mol. The molecule has 0 bridgehead atoms. The maximum atomic E-state index is 11.9. The van der Waals surface area contributed by atoms with Crippen LogP contribution in [0.25, 0.3) is 0 Å². The minimum absolute atomic E-state index is 3.24. The van der Waals surface area contributed by atoms with Crippen LogP contribution in [-0.4, -0.2) is 16.1 Å². The maximum Gasteiger partial charge on any atom is 0.353 e. The van der Waals surface area contributed by atoms with Crippen LogP contribution < -0.4 is 0 Å². The highest BCUT2D eigenvalue weighted by Crippen LogP contribution is 2.44. The molecule has 0 rings (SSSR count). The minimum atomic E-state index is -4.60. The largest absolute Gasteiger partial charge is 0.353 e. The summed E-state index contributed by atoms with van der Waals surface area (Å²) >= 11 is 12.7. The summed E-state index contributed by atoms with van der Waals surface area (Å²) in [4.78, 5) is 0.